The van der Waals surface area contributed by atoms with Crippen LogP contribution in [0.25, 0.3) is 0 Å². The zero-order valence-corrected chi connectivity index (χ0v) is 16.1. The van der Waals surface area contributed by atoms with Crippen molar-refractivity contribution in [3.63, 3.8) is 0 Å². The minimum atomic E-state index is 0.0405. The van der Waals surface area contributed by atoms with Crippen LogP contribution in [0.2, 0.25) is 0 Å². The molecule has 6 nitrogen and oxygen atoms in total. The Morgan fingerprint density at radius 2 is 1.70 bits per heavy atom. The molecule has 2 saturated heterocycles. The number of hydrogen-bond acceptors (Lipinski definition) is 5. The van der Waals surface area contributed by atoms with Crippen molar-refractivity contribution in [3.8, 4) is 0 Å². The Morgan fingerprint density at radius 1 is 0.926 bits per heavy atom. The number of anilines is 1. The van der Waals surface area contributed by atoms with Crippen molar-refractivity contribution in [3.05, 3.63) is 46.8 Å². The van der Waals surface area contributed by atoms with Crippen LogP contribution in [0.15, 0.2) is 41.9 Å². The predicted molar refractivity (Wildman–Crippen MR) is 106 cm³/mol. The van der Waals surface area contributed by atoms with Crippen molar-refractivity contribution >= 4 is 29.0 Å². The fourth-order valence-electron chi connectivity index (χ4n) is 3.84. The van der Waals surface area contributed by atoms with Gasteiger partial charge in [0.2, 0.25) is 5.91 Å². The third-order valence-corrected chi connectivity index (χ3v) is 6.29. The number of aromatic nitrogens is 1. The monoisotopic (exact) mass is 384 g/mol. The fraction of sp³-hybridized carbons (Fsp3) is 0.450. The molecule has 0 atom stereocenters. The number of piperidine rings is 1. The summed E-state index contributed by atoms with van der Waals surface area (Å²) in [6, 6.07) is 9.69. The van der Waals surface area contributed by atoms with Crippen molar-refractivity contribution in [1.82, 2.24) is 14.8 Å². The standard InChI is InChI=1S/C20H24N4O2S/c25-19(24-13-11-22(12-14-24)18-5-1-2-8-21-18)16-6-9-23(10-7-16)20(26)17-4-3-15-27-17/h1-5,8,15-16H,6-7,9-14H2. The third-order valence-electron chi connectivity index (χ3n) is 5.43. The van der Waals surface area contributed by atoms with Crippen LogP contribution in [0.3, 0.4) is 0 Å². The molecule has 0 bridgehead atoms. The largest absolute Gasteiger partial charge is 0.353 e. The molecule has 2 aliphatic rings. The topological polar surface area (TPSA) is 56.8 Å². The van der Waals surface area contributed by atoms with Gasteiger partial charge < -0.3 is 14.7 Å². The number of carbonyl (C=O) groups is 2. The summed E-state index contributed by atoms with van der Waals surface area (Å²) in [5.41, 5.74) is 0. The number of rotatable bonds is 3. The van der Waals surface area contributed by atoms with Crippen molar-refractivity contribution < 1.29 is 9.59 Å². The molecule has 27 heavy (non-hydrogen) atoms. The van der Waals surface area contributed by atoms with Crippen molar-refractivity contribution in [2.75, 3.05) is 44.2 Å². The molecule has 2 aromatic heterocycles. The predicted octanol–water partition coefficient (Wildman–Crippen LogP) is 2.34. The Balaban J connectivity index is 1.27. The Kier molecular flexibility index (Phi) is 5.38. The van der Waals surface area contributed by atoms with Crippen LogP contribution in [0.1, 0.15) is 22.5 Å². The summed E-state index contributed by atoms with van der Waals surface area (Å²) >= 11 is 1.48. The molecule has 0 radical (unpaired) electrons. The number of likely N-dealkylation sites (tertiary alicyclic amines) is 1. The molecule has 2 aromatic rings. The lowest BCUT2D eigenvalue weighted by molar-refractivity contribution is -0.137. The molecule has 0 aromatic carbocycles. The maximum atomic E-state index is 12.9. The van der Waals surface area contributed by atoms with E-state index in [1.807, 2.05) is 45.5 Å². The summed E-state index contributed by atoms with van der Waals surface area (Å²) in [7, 11) is 0. The molecule has 0 unspecified atom stereocenters. The molecule has 2 fully saturated rings. The Hall–Kier alpha value is -2.41. The van der Waals surface area contributed by atoms with E-state index in [0.717, 1.165) is 49.7 Å². The first-order valence-electron chi connectivity index (χ1n) is 9.50. The van der Waals surface area contributed by atoms with E-state index >= 15 is 0 Å². The normalized spacial score (nSPS) is 18.6. The van der Waals surface area contributed by atoms with Crippen LogP contribution in [0, 0.1) is 5.92 Å². The van der Waals surface area contributed by atoms with Gasteiger partial charge >= 0.3 is 0 Å². The lowest BCUT2D eigenvalue weighted by Crippen LogP contribution is -2.52. The van der Waals surface area contributed by atoms with E-state index in [1.54, 1.807) is 6.20 Å². The van der Waals surface area contributed by atoms with E-state index in [1.165, 1.54) is 11.3 Å². The lowest BCUT2D eigenvalue weighted by atomic mass is 9.95. The number of piperazine rings is 1. The molecule has 142 valence electrons. The zero-order chi connectivity index (χ0) is 18.6. The van der Waals surface area contributed by atoms with E-state index in [4.69, 9.17) is 0 Å². The van der Waals surface area contributed by atoms with E-state index < -0.39 is 0 Å². The van der Waals surface area contributed by atoms with Crippen LogP contribution in [-0.4, -0.2) is 65.9 Å². The maximum absolute atomic E-state index is 12.9. The SMILES string of the molecule is O=C(c1cccs1)N1CCC(C(=O)N2CCN(c3ccccn3)CC2)CC1. The van der Waals surface area contributed by atoms with Crippen molar-refractivity contribution in [1.29, 1.82) is 0 Å². The molecular weight excluding hydrogens is 360 g/mol. The first-order valence-corrected chi connectivity index (χ1v) is 10.4. The summed E-state index contributed by atoms with van der Waals surface area (Å²) in [6.45, 7) is 4.45. The molecule has 0 aliphatic carbocycles. The number of amides is 2. The first kappa shape index (κ1) is 18.0. The number of hydrogen-bond donors (Lipinski definition) is 0. The van der Waals surface area contributed by atoms with Gasteiger partial charge in [0.1, 0.15) is 5.82 Å². The summed E-state index contributed by atoms with van der Waals surface area (Å²) in [5.74, 6) is 1.36. The Labute approximate surface area is 163 Å². The molecule has 0 spiro atoms. The molecule has 4 rings (SSSR count). The average molecular weight is 385 g/mol. The lowest BCUT2D eigenvalue weighted by Gasteiger charge is -2.39. The van der Waals surface area contributed by atoms with E-state index in [2.05, 4.69) is 9.88 Å². The van der Waals surface area contributed by atoms with Gasteiger partial charge in [-0.25, -0.2) is 4.98 Å². The molecule has 2 amide bonds. The summed E-state index contributed by atoms with van der Waals surface area (Å²) < 4.78 is 0. The van der Waals surface area contributed by atoms with Gasteiger partial charge in [0.25, 0.3) is 5.91 Å². The van der Waals surface area contributed by atoms with Gasteiger partial charge in [-0.05, 0) is 36.4 Å². The van der Waals surface area contributed by atoms with Crippen LogP contribution >= 0.6 is 11.3 Å². The summed E-state index contributed by atoms with van der Waals surface area (Å²) in [4.78, 5) is 36.6. The highest BCUT2D eigenvalue weighted by molar-refractivity contribution is 7.12. The van der Waals surface area contributed by atoms with Crippen molar-refractivity contribution in [2.24, 2.45) is 5.92 Å². The highest BCUT2D eigenvalue weighted by Gasteiger charge is 2.32. The summed E-state index contributed by atoms with van der Waals surface area (Å²) in [5, 5.41) is 1.92. The highest BCUT2D eigenvalue weighted by atomic mass is 32.1. The third kappa shape index (κ3) is 3.98. The number of pyridine rings is 1. The molecule has 7 heteroatoms. The fourth-order valence-corrected chi connectivity index (χ4v) is 4.53. The Morgan fingerprint density at radius 3 is 2.33 bits per heavy atom. The quantitative estimate of drug-likeness (QED) is 0.815. The smallest absolute Gasteiger partial charge is 0.263 e. The van der Waals surface area contributed by atoms with Crippen LogP contribution in [-0.2, 0) is 4.79 Å². The minimum Gasteiger partial charge on any atom is -0.353 e. The van der Waals surface area contributed by atoms with Crippen LogP contribution in [0.4, 0.5) is 5.82 Å². The Bertz CT molecular complexity index is 765. The van der Waals surface area contributed by atoms with Gasteiger partial charge in [0.05, 0.1) is 4.88 Å². The van der Waals surface area contributed by atoms with Gasteiger partial charge in [0.15, 0.2) is 0 Å². The minimum absolute atomic E-state index is 0.0405. The van der Waals surface area contributed by atoms with Gasteiger partial charge in [-0.3, -0.25) is 9.59 Å². The number of nitrogens with zero attached hydrogens (tertiary/aromatic N) is 4. The molecule has 2 aliphatic heterocycles. The van der Waals surface area contributed by atoms with Gasteiger partial charge in [0, 0.05) is 51.4 Å². The van der Waals surface area contributed by atoms with Crippen molar-refractivity contribution in [2.45, 2.75) is 12.8 Å². The van der Waals surface area contributed by atoms with Crippen LogP contribution in [0.5, 0.6) is 0 Å². The summed E-state index contributed by atoms with van der Waals surface area (Å²) in [6.07, 6.45) is 3.32. The molecule has 0 saturated carbocycles. The average Bonchev–Trinajstić information content (AvgIpc) is 3.28. The second-order valence-corrected chi connectivity index (χ2v) is 7.99. The number of thiophene rings is 1. The van der Waals surface area contributed by atoms with Gasteiger partial charge in [-0.1, -0.05) is 12.1 Å². The highest BCUT2D eigenvalue weighted by Crippen LogP contribution is 2.23. The first-order chi connectivity index (χ1) is 13.2. The zero-order valence-electron chi connectivity index (χ0n) is 15.3. The molecule has 4 heterocycles. The molecular formula is C20H24N4O2S. The van der Waals surface area contributed by atoms with Gasteiger partial charge in [-0.2, -0.15) is 0 Å². The second-order valence-electron chi connectivity index (χ2n) is 7.04. The van der Waals surface area contributed by atoms with Crippen LogP contribution < -0.4 is 4.90 Å². The van der Waals surface area contributed by atoms with E-state index in [9.17, 15) is 9.59 Å². The maximum Gasteiger partial charge on any atom is 0.263 e. The molecule has 0 N–H and O–H groups in total. The van der Waals surface area contributed by atoms with E-state index in [-0.39, 0.29) is 17.7 Å². The second kappa shape index (κ2) is 8.08. The number of carbonyl (C=O) groups excluding carboxylic acids is 2. The van der Waals surface area contributed by atoms with E-state index in [0.29, 0.717) is 13.1 Å². The van der Waals surface area contributed by atoms with Gasteiger partial charge in [-0.15, -0.1) is 11.3 Å².